The molecule has 86 valence electrons. The predicted octanol–water partition coefficient (Wildman–Crippen LogP) is 1.33. The Labute approximate surface area is 93.5 Å². The lowest BCUT2D eigenvalue weighted by Gasteiger charge is -2.40. The summed E-state index contributed by atoms with van der Waals surface area (Å²) < 4.78 is 0. The first-order chi connectivity index (χ1) is 7.61. The van der Waals surface area contributed by atoms with Crippen molar-refractivity contribution in [1.29, 1.82) is 0 Å². The van der Waals surface area contributed by atoms with Crippen molar-refractivity contribution < 1.29 is 10.0 Å². The SMILES string of the molecule is Cc1ccc(N2CC(CO)C2)cc1[N+](=O)[O-]. The number of aliphatic hydroxyl groups is 1. The molecule has 1 N–H and O–H groups in total. The summed E-state index contributed by atoms with van der Waals surface area (Å²) in [5.74, 6) is 0.306. The van der Waals surface area contributed by atoms with Gasteiger partial charge in [0.05, 0.1) is 4.92 Å². The van der Waals surface area contributed by atoms with Gasteiger partial charge in [0.15, 0.2) is 0 Å². The van der Waals surface area contributed by atoms with Crippen LogP contribution in [0, 0.1) is 23.0 Å². The van der Waals surface area contributed by atoms with Gasteiger partial charge in [-0.15, -0.1) is 0 Å². The minimum atomic E-state index is -0.359. The zero-order valence-corrected chi connectivity index (χ0v) is 9.09. The number of aliphatic hydroxyl groups excluding tert-OH is 1. The van der Waals surface area contributed by atoms with Crippen molar-refractivity contribution in [3.05, 3.63) is 33.9 Å². The largest absolute Gasteiger partial charge is 0.396 e. The van der Waals surface area contributed by atoms with Crippen molar-refractivity contribution in [2.24, 2.45) is 5.92 Å². The number of anilines is 1. The molecule has 5 heteroatoms. The van der Waals surface area contributed by atoms with Gasteiger partial charge in [-0.05, 0) is 13.0 Å². The van der Waals surface area contributed by atoms with Gasteiger partial charge >= 0.3 is 0 Å². The number of nitrogens with zero attached hydrogens (tertiary/aromatic N) is 2. The minimum Gasteiger partial charge on any atom is -0.396 e. The molecule has 1 aliphatic rings. The second-order valence-corrected chi connectivity index (χ2v) is 4.18. The standard InChI is InChI=1S/C11H14N2O3/c1-8-2-3-10(4-11(8)13(15)16)12-5-9(6-12)7-14/h2-4,9,14H,5-7H2,1H3. The van der Waals surface area contributed by atoms with Crippen LogP contribution in [0.3, 0.4) is 0 Å². The molecule has 0 unspecified atom stereocenters. The Morgan fingerprint density at radius 3 is 2.81 bits per heavy atom. The van der Waals surface area contributed by atoms with Crippen LogP contribution in [0.4, 0.5) is 11.4 Å². The third kappa shape index (κ3) is 1.86. The highest BCUT2D eigenvalue weighted by molar-refractivity contribution is 5.57. The summed E-state index contributed by atoms with van der Waals surface area (Å²) in [6, 6.07) is 5.25. The molecule has 2 rings (SSSR count). The molecule has 0 aliphatic carbocycles. The third-order valence-electron chi connectivity index (χ3n) is 2.97. The average Bonchev–Trinajstić information content (AvgIpc) is 2.18. The fraction of sp³-hybridized carbons (Fsp3) is 0.455. The number of rotatable bonds is 3. The number of benzene rings is 1. The van der Waals surface area contributed by atoms with E-state index in [-0.39, 0.29) is 17.2 Å². The lowest BCUT2D eigenvalue weighted by atomic mass is 10.00. The average molecular weight is 222 g/mol. The van der Waals surface area contributed by atoms with Gasteiger partial charge in [0, 0.05) is 42.9 Å². The van der Waals surface area contributed by atoms with E-state index in [1.165, 1.54) is 0 Å². The predicted molar refractivity (Wildman–Crippen MR) is 60.6 cm³/mol. The smallest absolute Gasteiger partial charge is 0.274 e. The fourth-order valence-electron chi connectivity index (χ4n) is 1.89. The summed E-state index contributed by atoms with van der Waals surface area (Å²) >= 11 is 0. The van der Waals surface area contributed by atoms with E-state index in [2.05, 4.69) is 0 Å². The zero-order chi connectivity index (χ0) is 11.7. The normalized spacial score (nSPS) is 16.0. The molecule has 1 fully saturated rings. The highest BCUT2D eigenvalue weighted by Gasteiger charge is 2.27. The van der Waals surface area contributed by atoms with Crippen LogP contribution in [-0.2, 0) is 0 Å². The summed E-state index contributed by atoms with van der Waals surface area (Å²) in [6.07, 6.45) is 0. The second kappa shape index (κ2) is 4.09. The van der Waals surface area contributed by atoms with Crippen LogP contribution >= 0.6 is 0 Å². The van der Waals surface area contributed by atoms with Crippen molar-refractivity contribution in [2.75, 3.05) is 24.6 Å². The van der Waals surface area contributed by atoms with Crippen LogP contribution < -0.4 is 4.90 Å². The molecule has 0 aromatic heterocycles. The first-order valence-electron chi connectivity index (χ1n) is 5.22. The Morgan fingerprint density at radius 1 is 1.56 bits per heavy atom. The Hall–Kier alpha value is -1.62. The van der Waals surface area contributed by atoms with Gasteiger partial charge in [-0.25, -0.2) is 0 Å². The molecular weight excluding hydrogens is 208 g/mol. The Balaban J connectivity index is 2.18. The van der Waals surface area contributed by atoms with Crippen LogP contribution in [0.15, 0.2) is 18.2 Å². The molecule has 0 radical (unpaired) electrons. The minimum absolute atomic E-state index is 0.157. The highest BCUT2D eigenvalue weighted by atomic mass is 16.6. The monoisotopic (exact) mass is 222 g/mol. The lowest BCUT2D eigenvalue weighted by molar-refractivity contribution is -0.385. The molecule has 1 aromatic rings. The van der Waals surface area contributed by atoms with Gasteiger partial charge in [-0.2, -0.15) is 0 Å². The molecule has 1 aliphatic heterocycles. The topological polar surface area (TPSA) is 66.6 Å². The summed E-state index contributed by atoms with van der Waals surface area (Å²) in [7, 11) is 0. The van der Waals surface area contributed by atoms with Gasteiger partial charge in [-0.3, -0.25) is 10.1 Å². The molecular formula is C11H14N2O3. The molecule has 1 heterocycles. The number of hydrogen-bond donors (Lipinski definition) is 1. The Bertz CT molecular complexity index is 414. The van der Waals surface area contributed by atoms with E-state index >= 15 is 0 Å². The quantitative estimate of drug-likeness (QED) is 0.619. The first kappa shape index (κ1) is 10.9. The number of nitro benzene ring substituents is 1. The summed E-state index contributed by atoms with van der Waals surface area (Å²) in [6.45, 7) is 3.46. The third-order valence-corrected chi connectivity index (χ3v) is 2.97. The Morgan fingerprint density at radius 2 is 2.25 bits per heavy atom. The van der Waals surface area contributed by atoms with E-state index < -0.39 is 0 Å². The van der Waals surface area contributed by atoms with Crippen LogP contribution in [0.25, 0.3) is 0 Å². The first-order valence-corrected chi connectivity index (χ1v) is 5.22. The van der Waals surface area contributed by atoms with Crippen molar-refractivity contribution in [2.45, 2.75) is 6.92 Å². The van der Waals surface area contributed by atoms with Gasteiger partial charge in [0.2, 0.25) is 0 Å². The Kier molecular flexibility index (Phi) is 2.78. The van der Waals surface area contributed by atoms with Crippen LogP contribution in [-0.4, -0.2) is 29.7 Å². The van der Waals surface area contributed by atoms with E-state index in [1.807, 2.05) is 11.0 Å². The molecule has 1 aromatic carbocycles. The molecule has 16 heavy (non-hydrogen) atoms. The van der Waals surface area contributed by atoms with Crippen molar-refractivity contribution in [3.63, 3.8) is 0 Å². The fourth-order valence-corrected chi connectivity index (χ4v) is 1.89. The van der Waals surface area contributed by atoms with Gasteiger partial charge in [0.25, 0.3) is 5.69 Å². The molecule has 0 spiro atoms. The van der Waals surface area contributed by atoms with E-state index in [9.17, 15) is 10.1 Å². The lowest BCUT2D eigenvalue weighted by Crippen LogP contribution is -2.48. The molecule has 0 amide bonds. The summed E-state index contributed by atoms with van der Waals surface area (Å²) in [5.41, 5.74) is 1.69. The zero-order valence-electron chi connectivity index (χ0n) is 9.09. The maximum Gasteiger partial charge on any atom is 0.274 e. The van der Waals surface area contributed by atoms with E-state index in [0.717, 1.165) is 18.8 Å². The van der Waals surface area contributed by atoms with Crippen LogP contribution in [0.5, 0.6) is 0 Å². The molecule has 0 atom stereocenters. The second-order valence-electron chi connectivity index (χ2n) is 4.18. The van der Waals surface area contributed by atoms with Crippen molar-refractivity contribution >= 4 is 11.4 Å². The summed E-state index contributed by atoms with van der Waals surface area (Å²) in [4.78, 5) is 12.4. The van der Waals surface area contributed by atoms with E-state index in [4.69, 9.17) is 5.11 Å². The van der Waals surface area contributed by atoms with Crippen LogP contribution in [0.1, 0.15) is 5.56 Å². The van der Waals surface area contributed by atoms with Crippen molar-refractivity contribution in [3.8, 4) is 0 Å². The number of aryl methyl sites for hydroxylation is 1. The maximum absolute atomic E-state index is 10.8. The van der Waals surface area contributed by atoms with Gasteiger partial charge in [0.1, 0.15) is 0 Å². The molecule has 1 saturated heterocycles. The molecule has 0 saturated carbocycles. The molecule has 0 bridgehead atoms. The molecule has 5 nitrogen and oxygen atoms in total. The summed E-state index contributed by atoms with van der Waals surface area (Å²) in [5, 5.41) is 19.7. The van der Waals surface area contributed by atoms with E-state index in [1.54, 1.807) is 19.1 Å². The maximum atomic E-state index is 10.8. The van der Waals surface area contributed by atoms with Gasteiger partial charge < -0.3 is 10.0 Å². The number of nitro groups is 1. The number of hydrogen-bond acceptors (Lipinski definition) is 4. The highest BCUT2D eigenvalue weighted by Crippen LogP contribution is 2.29. The van der Waals surface area contributed by atoms with Crippen molar-refractivity contribution in [1.82, 2.24) is 0 Å². The van der Waals surface area contributed by atoms with E-state index in [0.29, 0.717) is 11.5 Å². The van der Waals surface area contributed by atoms with Crippen LogP contribution in [0.2, 0.25) is 0 Å². The van der Waals surface area contributed by atoms with Gasteiger partial charge in [-0.1, -0.05) is 6.07 Å².